The van der Waals surface area contributed by atoms with Crippen molar-refractivity contribution in [1.82, 2.24) is 123 Å². The number of carbonyl (C=O) groups is 6. The summed E-state index contributed by atoms with van der Waals surface area (Å²) < 4.78 is 0. The largest absolute Gasteiger partial charge is 0.338 e. The summed E-state index contributed by atoms with van der Waals surface area (Å²) in [5.41, 5.74) is -0.500. The maximum atomic E-state index is 12.5. The van der Waals surface area contributed by atoms with Crippen LogP contribution >= 0.6 is 0 Å². The van der Waals surface area contributed by atoms with E-state index < -0.39 is 0 Å². The van der Waals surface area contributed by atoms with Gasteiger partial charge in [0.15, 0.2) is 0 Å². The van der Waals surface area contributed by atoms with Crippen molar-refractivity contribution in [3.63, 3.8) is 0 Å². The molecule has 0 unspecified atom stereocenters. The number of piperidine rings is 6. The van der Waals surface area contributed by atoms with Gasteiger partial charge in [-0.2, -0.15) is 0 Å². The molecule has 0 aromatic rings. The topological polar surface area (TPSA) is 286 Å². The van der Waals surface area contributed by atoms with E-state index in [1.807, 2.05) is 41.5 Å². The van der Waals surface area contributed by atoms with Crippen molar-refractivity contribution in [2.45, 2.75) is 359 Å². The molecule has 127 heavy (non-hydrogen) atoms. The summed E-state index contributed by atoms with van der Waals surface area (Å²) in [6.07, 6.45) is 12.3. The van der Waals surface area contributed by atoms with E-state index in [9.17, 15) is 28.8 Å². The van der Waals surface area contributed by atoms with Crippen LogP contribution in [0.1, 0.15) is 271 Å². The Balaban J connectivity index is 0.000000396. The van der Waals surface area contributed by atoms with Crippen molar-refractivity contribution in [2.24, 2.45) is 17.8 Å². The van der Waals surface area contributed by atoms with Crippen molar-refractivity contribution < 1.29 is 28.8 Å². The highest BCUT2D eigenvalue weighted by Gasteiger charge is 2.44. The van der Waals surface area contributed by atoms with Gasteiger partial charge in [0.1, 0.15) is 0 Å². The standard InChI is InChI=1S/C20H41N5O.C19H39N5O.C16H34N4O.C15H32N4O.C14H29N3O.C13H27N3O/c1-6-23-11-13-24(14-12-23)16-20(22-19(26)21-15-17(2)3)7-9-25(10-8-20)18(4)5;1-6-22-11-13-23(14-12-22)15-19(21-18(25)20-16(2)3)7-9-24(10-8-19)17(4)5;1-13(2)11-17-15(21)18-16(12-19(5)6)7-9-20(10-8-16)14(3)4;1-12(2)16-14(20)17-15(11-18(5)6)7-9-19(10-8-15)13(3)4;1-11(2)10-15-13(18)16-14(5)6-8-17(9-7-14)12(3)4;1-10(2)14-12(17)15-13(5)6-8-16(9-7-13)11(3)4/h17-18H,6-16H2,1-5H3,(H2,21,22,26);16-17H,6-15H2,1-5H3,(H2,20,21,25);13-14H,7-12H2,1-6H3,(H2,17,18,21);12-13H,7-11H2,1-6H3,(H2,16,17,20);11-12H,6-10H2,1-5H3,(H2,15,16,18);10-11H,6-9H2,1-5H3,(H2,14,15,17). The van der Waals surface area contributed by atoms with Gasteiger partial charge in [0.25, 0.3) is 0 Å². The molecule has 0 atom stereocenters. The van der Waals surface area contributed by atoms with Crippen LogP contribution in [0.3, 0.4) is 0 Å². The van der Waals surface area contributed by atoms with Crippen LogP contribution in [0.15, 0.2) is 0 Å². The van der Waals surface area contributed by atoms with E-state index in [4.69, 9.17) is 0 Å². The van der Waals surface area contributed by atoms with E-state index in [1.54, 1.807) is 0 Å². The minimum Gasteiger partial charge on any atom is -0.338 e. The number of hydrogen-bond acceptors (Lipinski definition) is 18. The van der Waals surface area contributed by atoms with Gasteiger partial charge in [-0.15, -0.1) is 0 Å². The highest BCUT2D eigenvalue weighted by molar-refractivity contribution is 5.77. The Morgan fingerprint density at radius 2 is 0.449 bits per heavy atom. The Labute approximate surface area is 777 Å². The molecule has 0 aromatic carbocycles. The molecule has 746 valence electrons. The normalized spacial score (nSPS) is 21.1. The van der Waals surface area contributed by atoms with E-state index in [2.05, 4.69) is 303 Å². The van der Waals surface area contributed by atoms with Gasteiger partial charge in [-0.25, -0.2) is 28.8 Å². The van der Waals surface area contributed by atoms with Crippen LogP contribution in [0.2, 0.25) is 0 Å². The molecule has 0 aromatic heterocycles. The summed E-state index contributed by atoms with van der Waals surface area (Å²) >= 11 is 0. The van der Waals surface area contributed by atoms with Crippen LogP contribution in [-0.2, 0) is 0 Å². The lowest BCUT2D eigenvalue weighted by atomic mass is 9.86. The van der Waals surface area contributed by atoms with E-state index in [1.165, 1.54) is 0 Å². The lowest BCUT2D eigenvalue weighted by molar-refractivity contribution is 0.0609. The molecular weight excluding hydrogens is 1600 g/mol. The monoisotopic (exact) mass is 1800 g/mol. The summed E-state index contributed by atoms with van der Waals surface area (Å²) in [6.45, 7) is 90.2. The molecule has 8 aliphatic rings. The SMILES string of the molecule is CC(C)CNC(=O)NC1(C)CCN(C(C)C)CC1.CC(C)CNC(=O)NC1(CN(C)C)CCN(C(C)C)CC1.CC(C)NC(=O)NC1(C)CCN(C(C)C)CC1.CC(C)NC(=O)NC1(CN(C)C)CCN(C(C)C)CC1.CCN1CCN(CC2(NC(=O)NC(C)C)CCN(C(C)C)CC2)CC1.CCN1CCN(CC2(NC(=O)NCC(C)C)CCN(C(C)C)CC2)CC1. The van der Waals surface area contributed by atoms with E-state index in [-0.39, 0.29) is 87.5 Å². The van der Waals surface area contributed by atoms with E-state index in [0.29, 0.717) is 54.0 Å². The fraction of sp³-hybridized carbons (Fsp3) is 0.938. The second-order valence-electron chi connectivity index (χ2n) is 43.9. The van der Waals surface area contributed by atoms with Crippen molar-refractivity contribution >= 4 is 36.2 Å². The lowest BCUT2D eigenvalue weighted by Crippen LogP contribution is -2.64. The first-order valence-corrected chi connectivity index (χ1v) is 50.4. The van der Waals surface area contributed by atoms with Gasteiger partial charge in [-0.05, 0) is 275 Å². The van der Waals surface area contributed by atoms with Crippen LogP contribution < -0.4 is 63.8 Å². The molecule has 0 spiro atoms. The van der Waals surface area contributed by atoms with Gasteiger partial charge < -0.3 is 113 Å². The number of likely N-dealkylation sites (N-methyl/N-ethyl adjacent to an activating group) is 4. The second kappa shape index (κ2) is 57.7. The smallest absolute Gasteiger partial charge is 0.315 e. The number of nitrogens with one attached hydrogen (secondary N) is 12. The average molecular weight is 1800 g/mol. The second-order valence-corrected chi connectivity index (χ2v) is 43.9. The zero-order chi connectivity index (χ0) is 95.8. The van der Waals surface area contributed by atoms with Gasteiger partial charge in [0.2, 0.25) is 0 Å². The Bertz CT molecular complexity index is 3000. The number of piperazine rings is 2. The Morgan fingerprint density at radius 1 is 0.260 bits per heavy atom. The molecule has 0 saturated carbocycles. The van der Waals surface area contributed by atoms with E-state index in [0.717, 1.165) is 267 Å². The van der Waals surface area contributed by atoms with E-state index >= 15 is 0 Å². The Hall–Kier alpha value is -4.86. The number of amides is 12. The van der Waals surface area contributed by atoms with Crippen molar-refractivity contribution in [1.29, 1.82) is 0 Å². The predicted octanol–water partition coefficient (Wildman–Crippen LogP) is 10.8. The van der Waals surface area contributed by atoms with Gasteiger partial charge in [0.05, 0.1) is 22.2 Å². The zero-order valence-electron chi connectivity index (χ0n) is 87.7. The summed E-state index contributed by atoms with van der Waals surface area (Å²) in [5.74, 6) is 1.44. The lowest BCUT2D eigenvalue weighted by Gasteiger charge is -2.47. The van der Waals surface area contributed by atoms with Crippen LogP contribution in [0.4, 0.5) is 28.8 Å². The quantitative estimate of drug-likeness (QED) is 0.0307. The minimum absolute atomic E-state index is 0.00360. The van der Waals surface area contributed by atoms with Crippen LogP contribution in [0, 0.1) is 17.8 Å². The molecule has 0 aliphatic carbocycles. The number of nitrogens with zero attached hydrogens (tertiary/aromatic N) is 12. The molecule has 0 radical (unpaired) electrons. The van der Waals surface area contributed by atoms with Gasteiger partial charge >= 0.3 is 36.2 Å². The van der Waals surface area contributed by atoms with Crippen molar-refractivity contribution in [2.75, 3.05) is 218 Å². The maximum absolute atomic E-state index is 12.5. The first kappa shape index (κ1) is 116. The third kappa shape index (κ3) is 46.6. The number of rotatable bonds is 31. The van der Waals surface area contributed by atoms with Crippen molar-refractivity contribution in [3.05, 3.63) is 0 Å². The molecule has 8 rings (SSSR count). The first-order chi connectivity index (χ1) is 59.3. The third-order valence-corrected chi connectivity index (χ3v) is 26.9. The molecule has 8 fully saturated rings. The average Bonchev–Trinajstić information content (AvgIpc) is 0.813. The number of hydrogen-bond donors (Lipinski definition) is 12. The third-order valence-electron chi connectivity index (χ3n) is 26.9. The summed E-state index contributed by atoms with van der Waals surface area (Å²) in [4.78, 5) is 102. The summed E-state index contributed by atoms with van der Waals surface area (Å²) in [7, 11) is 8.28. The van der Waals surface area contributed by atoms with Crippen LogP contribution in [-0.4, -0.2) is 401 Å². The Morgan fingerprint density at radius 3 is 0.669 bits per heavy atom. The molecule has 12 amide bonds. The Kier molecular flexibility index (Phi) is 52.8. The molecule has 0 bridgehead atoms. The molecular formula is C97H202N24O6. The first-order valence-electron chi connectivity index (χ1n) is 50.4. The number of urea groups is 6. The summed E-state index contributed by atoms with van der Waals surface area (Å²) in [5, 5.41) is 37.3. The molecule has 8 aliphatic heterocycles. The van der Waals surface area contributed by atoms with Gasteiger partial charge in [-0.1, -0.05) is 55.4 Å². The fourth-order valence-corrected chi connectivity index (χ4v) is 18.5. The van der Waals surface area contributed by atoms with Gasteiger partial charge in [-0.3, -0.25) is 9.80 Å². The van der Waals surface area contributed by atoms with Crippen LogP contribution in [0.5, 0.6) is 0 Å². The van der Waals surface area contributed by atoms with Crippen LogP contribution in [0.25, 0.3) is 0 Å². The fourth-order valence-electron chi connectivity index (χ4n) is 18.5. The maximum Gasteiger partial charge on any atom is 0.315 e. The number of carbonyl (C=O) groups excluding carboxylic acids is 6. The van der Waals surface area contributed by atoms with Crippen molar-refractivity contribution in [3.8, 4) is 0 Å². The molecule has 12 N–H and O–H groups in total. The number of likely N-dealkylation sites (tertiary alicyclic amines) is 6. The molecule has 8 saturated heterocycles. The predicted molar refractivity (Wildman–Crippen MR) is 532 cm³/mol. The molecule has 8 heterocycles. The minimum atomic E-state index is -0.103. The molecule has 30 nitrogen and oxygen atoms in total. The van der Waals surface area contributed by atoms with Gasteiger partial charge in [0, 0.05) is 242 Å². The molecule has 30 heteroatoms. The zero-order valence-corrected chi connectivity index (χ0v) is 87.7. The summed E-state index contributed by atoms with van der Waals surface area (Å²) in [6, 6.07) is 3.91. The highest BCUT2D eigenvalue weighted by atomic mass is 16.2. The highest BCUT2D eigenvalue weighted by Crippen LogP contribution is 2.31.